The van der Waals surface area contributed by atoms with Crippen LogP contribution in [0.3, 0.4) is 0 Å². The van der Waals surface area contributed by atoms with E-state index < -0.39 is 0 Å². The minimum atomic E-state index is 0.756. The van der Waals surface area contributed by atoms with Crippen LogP contribution < -0.4 is 0 Å². The van der Waals surface area contributed by atoms with Crippen molar-refractivity contribution in [2.75, 3.05) is 0 Å². The number of hydrogen-bond acceptors (Lipinski definition) is 1. The number of rotatable bonds is 2. The molecule has 0 saturated heterocycles. The summed E-state index contributed by atoms with van der Waals surface area (Å²) in [5.74, 6) is 0. The third kappa shape index (κ3) is 2.71. The molecular formula is C14H12ClN. The van der Waals surface area contributed by atoms with E-state index in [1.807, 2.05) is 54.7 Å². The van der Waals surface area contributed by atoms with E-state index in [4.69, 9.17) is 11.6 Å². The molecule has 1 nitrogen and oxygen atoms in total. The van der Waals surface area contributed by atoms with Crippen LogP contribution in [0.15, 0.2) is 42.6 Å². The van der Waals surface area contributed by atoms with Gasteiger partial charge in [0.2, 0.25) is 0 Å². The van der Waals surface area contributed by atoms with Crippen molar-refractivity contribution in [2.45, 2.75) is 6.92 Å². The second kappa shape index (κ2) is 4.95. The monoisotopic (exact) mass is 229 g/mol. The van der Waals surface area contributed by atoms with Gasteiger partial charge >= 0.3 is 0 Å². The molecule has 0 aliphatic carbocycles. The highest BCUT2D eigenvalue weighted by Crippen LogP contribution is 2.17. The first-order chi connectivity index (χ1) is 7.75. The first kappa shape index (κ1) is 10.9. The molecule has 1 heterocycles. The maximum atomic E-state index is 6.05. The Kier molecular flexibility index (Phi) is 3.37. The summed E-state index contributed by atoms with van der Waals surface area (Å²) < 4.78 is 0. The van der Waals surface area contributed by atoms with Crippen molar-refractivity contribution in [1.82, 2.24) is 4.98 Å². The van der Waals surface area contributed by atoms with Crippen LogP contribution in [0, 0.1) is 6.92 Å². The summed E-state index contributed by atoms with van der Waals surface area (Å²) in [7, 11) is 0. The van der Waals surface area contributed by atoms with E-state index in [9.17, 15) is 0 Å². The van der Waals surface area contributed by atoms with E-state index in [0.29, 0.717) is 0 Å². The quantitative estimate of drug-likeness (QED) is 0.752. The van der Waals surface area contributed by atoms with E-state index >= 15 is 0 Å². The molecule has 0 aliphatic rings. The SMILES string of the molecule is Cc1ccnc(/C=C/c2ccccc2Cl)c1. The van der Waals surface area contributed by atoms with Gasteiger partial charge in [-0.05, 0) is 42.3 Å². The Hall–Kier alpha value is -1.60. The highest BCUT2D eigenvalue weighted by Gasteiger charge is 1.94. The molecular weight excluding hydrogens is 218 g/mol. The Morgan fingerprint density at radius 3 is 2.69 bits per heavy atom. The van der Waals surface area contributed by atoms with Gasteiger partial charge in [0.25, 0.3) is 0 Å². The van der Waals surface area contributed by atoms with Crippen molar-refractivity contribution < 1.29 is 0 Å². The second-order valence-corrected chi connectivity index (χ2v) is 4.02. The van der Waals surface area contributed by atoms with Gasteiger partial charge < -0.3 is 0 Å². The van der Waals surface area contributed by atoms with Gasteiger partial charge in [0, 0.05) is 11.2 Å². The second-order valence-electron chi connectivity index (χ2n) is 3.61. The van der Waals surface area contributed by atoms with Crippen molar-refractivity contribution in [1.29, 1.82) is 0 Å². The van der Waals surface area contributed by atoms with Gasteiger partial charge in [0.05, 0.1) is 5.69 Å². The molecule has 2 heteroatoms. The number of aryl methyl sites for hydroxylation is 1. The average molecular weight is 230 g/mol. The van der Waals surface area contributed by atoms with Crippen LogP contribution in [0.25, 0.3) is 12.2 Å². The minimum Gasteiger partial charge on any atom is -0.257 e. The lowest BCUT2D eigenvalue weighted by molar-refractivity contribution is 1.26. The van der Waals surface area contributed by atoms with Crippen LogP contribution in [0.4, 0.5) is 0 Å². The van der Waals surface area contributed by atoms with Gasteiger partial charge in [0.15, 0.2) is 0 Å². The first-order valence-corrected chi connectivity index (χ1v) is 5.49. The Morgan fingerprint density at radius 2 is 1.94 bits per heavy atom. The summed E-state index contributed by atoms with van der Waals surface area (Å²) in [4.78, 5) is 4.25. The Labute approximate surface area is 100 Å². The summed E-state index contributed by atoms with van der Waals surface area (Å²) in [6.45, 7) is 2.05. The van der Waals surface area contributed by atoms with Crippen molar-refractivity contribution >= 4 is 23.8 Å². The van der Waals surface area contributed by atoms with Gasteiger partial charge in [-0.2, -0.15) is 0 Å². The smallest absolute Gasteiger partial charge is 0.0632 e. The molecule has 0 bridgehead atoms. The molecule has 0 spiro atoms. The Balaban J connectivity index is 2.25. The lowest BCUT2D eigenvalue weighted by atomic mass is 10.2. The molecule has 0 atom stereocenters. The molecule has 2 rings (SSSR count). The fourth-order valence-electron chi connectivity index (χ4n) is 1.44. The van der Waals surface area contributed by atoms with Crippen LogP contribution in [-0.4, -0.2) is 4.98 Å². The molecule has 0 fully saturated rings. The summed E-state index contributed by atoms with van der Waals surface area (Å²) >= 11 is 6.05. The third-order valence-electron chi connectivity index (χ3n) is 2.28. The highest BCUT2D eigenvalue weighted by atomic mass is 35.5. The normalized spacial score (nSPS) is 10.9. The maximum Gasteiger partial charge on any atom is 0.0632 e. The largest absolute Gasteiger partial charge is 0.257 e. The fourth-order valence-corrected chi connectivity index (χ4v) is 1.63. The highest BCUT2D eigenvalue weighted by molar-refractivity contribution is 6.32. The minimum absolute atomic E-state index is 0.756. The summed E-state index contributed by atoms with van der Waals surface area (Å²) in [6.07, 6.45) is 5.75. The molecule has 0 amide bonds. The van der Waals surface area contributed by atoms with E-state index in [-0.39, 0.29) is 0 Å². The number of nitrogens with zero attached hydrogens (tertiary/aromatic N) is 1. The summed E-state index contributed by atoms with van der Waals surface area (Å²) in [6, 6.07) is 11.8. The zero-order valence-corrected chi connectivity index (χ0v) is 9.78. The van der Waals surface area contributed by atoms with Crippen molar-refractivity contribution in [3.8, 4) is 0 Å². The third-order valence-corrected chi connectivity index (χ3v) is 2.62. The maximum absolute atomic E-state index is 6.05. The average Bonchev–Trinajstić information content (AvgIpc) is 2.28. The number of hydrogen-bond donors (Lipinski definition) is 0. The topological polar surface area (TPSA) is 12.9 Å². The standard InChI is InChI=1S/C14H12ClN/c1-11-8-9-16-13(10-11)7-6-12-4-2-3-5-14(12)15/h2-10H,1H3/b7-6+. The van der Waals surface area contributed by atoms with Gasteiger partial charge in [-0.15, -0.1) is 0 Å². The van der Waals surface area contributed by atoms with Crippen LogP contribution in [0.2, 0.25) is 5.02 Å². The molecule has 0 unspecified atom stereocenters. The molecule has 16 heavy (non-hydrogen) atoms. The van der Waals surface area contributed by atoms with E-state index in [2.05, 4.69) is 11.9 Å². The predicted molar refractivity (Wildman–Crippen MR) is 69.4 cm³/mol. The van der Waals surface area contributed by atoms with Crippen molar-refractivity contribution in [3.63, 3.8) is 0 Å². The summed E-state index contributed by atoms with van der Waals surface area (Å²) in [5.41, 5.74) is 3.15. The van der Waals surface area contributed by atoms with E-state index in [0.717, 1.165) is 16.3 Å². The molecule has 0 aliphatic heterocycles. The molecule has 1 aromatic heterocycles. The van der Waals surface area contributed by atoms with Gasteiger partial charge in [0.1, 0.15) is 0 Å². The van der Waals surface area contributed by atoms with Crippen molar-refractivity contribution in [2.24, 2.45) is 0 Å². The Morgan fingerprint density at radius 1 is 1.12 bits per heavy atom. The number of halogens is 1. The van der Waals surface area contributed by atoms with Crippen LogP contribution >= 0.6 is 11.6 Å². The van der Waals surface area contributed by atoms with Crippen molar-refractivity contribution in [3.05, 3.63) is 64.4 Å². The van der Waals surface area contributed by atoms with E-state index in [1.165, 1.54) is 5.56 Å². The number of benzene rings is 1. The molecule has 0 radical (unpaired) electrons. The van der Waals surface area contributed by atoms with Gasteiger partial charge in [-0.3, -0.25) is 4.98 Å². The first-order valence-electron chi connectivity index (χ1n) is 5.11. The zero-order valence-electron chi connectivity index (χ0n) is 9.02. The van der Waals surface area contributed by atoms with E-state index in [1.54, 1.807) is 0 Å². The van der Waals surface area contributed by atoms with Gasteiger partial charge in [-0.1, -0.05) is 35.9 Å². The van der Waals surface area contributed by atoms with Crippen LogP contribution in [0.1, 0.15) is 16.8 Å². The molecule has 1 aromatic carbocycles. The molecule has 2 aromatic rings. The Bertz CT molecular complexity index is 518. The fraction of sp³-hybridized carbons (Fsp3) is 0.0714. The van der Waals surface area contributed by atoms with Crippen LogP contribution in [-0.2, 0) is 0 Å². The molecule has 80 valence electrons. The predicted octanol–water partition coefficient (Wildman–Crippen LogP) is 4.21. The van der Waals surface area contributed by atoms with Gasteiger partial charge in [-0.25, -0.2) is 0 Å². The number of aromatic nitrogens is 1. The zero-order chi connectivity index (χ0) is 11.4. The lowest BCUT2D eigenvalue weighted by Gasteiger charge is -1.97. The molecule has 0 saturated carbocycles. The van der Waals surface area contributed by atoms with Crippen LogP contribution in [0.5, 0.6) is 0 Å². The summed E-state index contributed by atoms with van der Waals surface area (Å²) in [5, 5.41) is 0.756. The molecule has 0 N–H and O–H groups in total. The lowest BCUT2D eigenvalue weighted by Crippen LogP contribution is -1.81. The number of pyridine rings is 1.